The number of fused-ring (bicyclic) bond motifs is 1. The quantitative estimate of drug-likeness (QED) is 0.518. The molecule has 1 aromatic carbocycles. The van der Waals surface area contributed by atoms with Crippen LogP contribution in [0.25, 0.3) is 5.69 Å². The largest absolute Gasteiger partial charge is 1.00 e. The van der Waals surface area contributed by atoms with Crippen molar-refractivity contribution in [1.82, 2.24) is 9.47 Å². The number of carboxylic acids is 1. The first-order valence-electron chi connectivity index (χ1n) is 10.1. The number of hydrogen-bond acceptors (Lipinski definition) is 6. The van der Waals surface area contributed by atoms with Gasteiger partial charge in [0.15, 0.2) is 11.5 Å². The standard InChI is InChI=1S/C22H26N2O6.K/c1-14-11-17(20(26)23-7-5-22(13-23,6-8-25)21(27)28)15(2)24(14)16-3-4-18-19(12-16)30-10-9-29-18;/h3-4,11-12,25H,5-10,13H2,1-2H3,(H,27,28);/q;+1/p-1. The summed E-state index contributed by atoms with van der Waals surface area (Å²) < 4.78 is 13.2. The van der Waals surface area contributed by atoms with Crippen LogP contribution >= 0.6 is 0 Å². The molecule has 2 aliphatic heterocycles. The molecule has 0 aliphatic carbocycles. The Kier molecular flexibility index (Phi) is 7.55. The molecule has 2 aliphatic rings. The normalized spacial score (nSPS) is 19.8. The van der Waals surface area contributed by atoms with Gasteiger partial charge in [-0.2, -0.15) is 0 Å². The molecule has 1 saturated heterocycles. The van der Waals surface area contributed by atoms with Crippen LogP contribution in [0.5, 0.6) is 11.5 Å². The maximum atomic E-state index is 13.2. The van der Waals surface area contributed by atoms with Gasteiger partial charge < -0.3 is 33.9 Å². The molecule has 8 nitrogen and oxygen atoms in total. The number of carbonyl (C=O) groups is 2. The predicted molar refractivity (Wildman–Crippen MR) is 106 cm³/mol. The molecular formula is C22H25KN2O6. The molecular weight excluding hydrogens is 427 g/mol. The third kappa shape index (κ3) is 4.44. The van der Waals surface area contributed by atoms with Crippen molar-refractivity contribution < 1.29 is 80.7 Å². The Labute approximate surface area is 223 Å². The molecule has 0 radical (unpaired) electrons. The molecule has 1 amide bonds. The molecule has 0 bridgehead atoms. The number of carboxylic acid groups (broad SMARTS) is 1. The van der Waals surface area contributed by atoms with Crippen LogP contribution in [-0.4, -0.2) is 59.4 Å². The molecule has 160 valence electrons. The molecule has 2 aromatic rings. The minimum absolute atomic E-state index is 0. The number of nitrogens with zero attached hydrogens (tertiary/aromatic N) is 2. The van der Waals surface area contributed by atoms with Gasteiger partial charge in [-0.05, 0) is 44.9 Å². The smallest absolute Gasteiger partial charge is 0.549 e. The molecule has 1 atom stereocenters. The van der Waals surface area contributed by atoms with Crippen LogP contribution in [0.2, 0.25) is 0 Å². The third-order valence-corrected chi connectivity index (χ3v) is 6.11. The summed E-state index contributed by atoms with van der Waals surface area (Å²) in [6, 6.07) is 7.48. The number of aromatic nitrogens is 1. The first-order valence-corrected chi connectivity index (χ1v) is 10.1. The summed E-state index contributed by atoms with van der Waals surface area (Å²) >= 11 is 0. The zero-order valence-corrected chi connectivity index (χ0v) is 21.3. The predicted octanol–water partition coefficient (Wildman–Crippen LogP) is -2.17. The Hall–Kier alpha value is -1.36. The van der Waals surface area contributed by atoms with Gasteiger partial charge in [-0.1, -0.05) is 0 Å². The van der Waals surface area contributed by atoms with Gasteiger partial charge in [0.25, 0.3) is 5.91 Å². The topological polar surface area (TPSA) is 104 Å². The molecule has 1 fully saturated rings. The van der Waals surface area contributed by atoms with Gasteiger partial charge in [0.05, 0.1) is 5.56 Å². The van der Waals surface area contributed by atoms with Crippen molar-refractivity contribution in [1.29, 1.82) is 0 Å². The van der Waals surface area contributed by atoms with Crippen LogP contribution in [0.15, 0.2) is 24.3 Å². The van der Waals surface area contributed by atoms with E-state index < -0.39 is 11.4 Å². The number of benzene rings is 1. The number of hydrogen-bond donors (Lipinski definition) is 1. The second-order valence-electron chi connectivity index (χ2n) is 7.97. The fourth-order valence-corrected chi connectivity index (χ4v) is 4.45. The number of aliphatic carboxylic acids is 1. The van der Waals surface area contributed by atoms with E-state index in [1.54, 1.807) is 4.90 Å². The number of aliphatic hydroxyl groups is 1. The minimum Gasteiger partial charge on any atom is -0.549 e. The van der Waals surface area contributed by atoms with Crippen molar-refractivity contribution >= 4 is 11.9 Å². The zero-order chi connectivity index (χ0) is 21.5. The first kappa shape index (κ1) is 24.3. The van der Waals surface area contributed by atoms with Crippen molar-refractivity contribution in [3.63, 3.8) is 0 Å². The summed E-state index contributed by atoms with van der Waals surface area (Å²) in [6.45, 7) is 4.91. The number of amides is 1. The second kappa shape index (κ2) is 9.64. The number of aryl methyl sites for hydroxylation is 1. The van der Waals surface area contributed by atoms with Gasteiger partial charge >= 0.3 is 51.4 Å². The monoisotopic (exact) mass is 452 g/mol. The minimum atomic E-state index is -1.21. The summed E-state index contributed by atoms with van der Waals surface area (Å²) in [7, 11) is 0. The molecule has 9 heteroatoms. The van der Waals surface area contributed by atoms with E-state index in [0.29, 0.717) is 36.8 Å². The van der Waals surface area contributed by atoms with E-state index in [1.165, 1.54) is 0 Å². The number of likely N-dealkylation sites (tertiary alicyclic amines) is 1. The van der Waals surface area contributed by atoms with Crippen molar-refractivity contribution in [3.8, 4) is 17.2 Å². The summed E-state index contributed by atoms with van der Waals surface area (Å²) in [6.07, 6.45) is 0.359. The SMILES string of the molecule is Cc1cc(C(=O)N2CCC(CCO)(C(=O)[O-])C2)c(C)n1-c1ccc2c(c1)OCCO2.[K+]. The Bertz CT molecular complexity index is 1000. The van der Waals surface area contributed by atoms with E-state index >= 15 is 0 Å². The second-order valence-corrected chi connectivity index (χ2v) is 7.97. The van der Waals surface area contributed by atoms with Crippen molar-refractivity contribution in [3.05, 3.63) is 41.2 Å². The third-order valence-electron chi connectivity index (χ3n) is 6.11. The fraction of sp³-hybridized carbons (Fsp3) is 0.455. The van der Waals surface area contributed by atoms with Crippen molar-refractivity contribution in [2.24, 2.45) is 5.41 Å². The number of aliphatic hydroxyl groups excluding tert-OH is 1. The van der Waals surface area contributed by atoms with Crippen LogP contribution in [0, 0.1) is 19.3 Å². The Morgan fingerprint density at radius 3 is 2.55 bits per heavy atom. The van der Waals surface area contributed by atoms with Gasteiger partial charge in [0.2, 0.25) is 0 Å². The maximum absolute atomic E-state index is 13.2. The van der Waals surface area contributed by atoms with E-state index in [2.05, 4.69) is 0 Å². The molecule has 31 heavy (non-hydrogen) atoms. The number of rotatable bonds is 5. The van der Waals surface area contributed by atoms with Crippen LogP contribution < -0.4 is 66.0 Å². The Morgan fingerprint density at radius 2 is 1.87 bits per heavy atom. The Morgan fingerprint density at radius 1 is 1.16 bits per heavy atom. The summed E-state index contributed by atoms with van der Waals surface area (Å²) in [5, 5.41) is 20.9. The first-order chi connectivity index (χ1) is 14.4. The van der Waals surface area contributed by atoms with Gasteiger partial charge in [-0.25, -0.2) is 0 Å². The molecule has 3 heterocycles. The van der Waals surface area contributed by atoms with E-state index in [0.717, 1.165) is 17.1 Å². The van der Waals surface area contributed by atoms with Crippen LogP contribution in [0.1, 0.15) is 34.6 Å². The molecule has 4 rings (SSSR count). The average molecular weight is 453 g/mol. The van der Waals surface area contributed by atoms with Crippen LogP contribution in [0.4, 0.5) is 0 Å². The van der Waals surface area contributed by atoms with E-state index in [9.17, 15) is 19.8 Å². The van der Waals surface area contributed by atoms with Crippen molar-refractivity contribution in [2.75, 3.05) is 32.9 Å². The zero-order valence-electron chi connectivity index (χ0n) is 18.1. The average Bonchev–Trinajstić information content (AvgIpc) is 3.29. The van der Waals surface area contributed by atoms with E-state index in [-0.39, 0.29) is 83.3 Å². The number of carbonyl (C=O) groups excluding carboxylic acids is 2. The molecule has 0 spiro atoms. The molecule has 1 N–H and O–H groups in total. The van der Waals surface area contributed by atoms with Crippen molar-refractivity contribution in [2.45, 2.75) is 26.7 Å². The summed E-state index contributed by atoms with van der Waals surface area (Å²) in [4.78, 5) is 26.4. The maximum Gasteiger partial charge on any atom is 1.00 e. The van der Waals surface area contributed by atoms with E-state index in [4.69, 9.17) is 9.47 Å². The van der Waals surface area contributed by atoms with Gasteiger partial charge in [0.1, 0.15) is 13.2 Å². The molecule has 0 saturated carbocycles. The van der Waals surface area contributed by atoms with Crippen LogP contribution in [-0.2, 0) is 4.79 Å². The molecule has 1 unspecified atom stereocenters. The fourth-order valence-electron chi connectivity index (χ4n) is 4.45. The summed E-state index contributed by atoms with van der Waals surface area (Å²) in [5.74, 6) is -0.0636. The van der Waals surface area contributed by atoms with Gasteiger partial charge in [-0.15, -0.1) is 0 Å². The van der Waals surface area contributed by atoms with E-state index in [1.807, 2.05) is 42.7 Å². The summed E-state index contributed by atoms with van der Waals surface area (Å²) in [5.41, 5.74) is 1.85. The Balaban J connectivity index is 0.00000272. The molecule has 1 aromatic heterocycles. The van der Waals surface area contributed by atoms with Gasteiger partial charge in [0, 0.05) is 54.2 Å². The van der Waals surface area contributed by atoms with Gasteiger partial charge in [-0.3, -0.25) is 4.79 Å². The number of ether oxygens (including phenoxy) is 2. The van der Waals surface area contributed by atoms with Crippen LogP contribution in [0.3, 0.4) is 0 Å².